The van der Waals surface area contributed by atoms with E-state index in [0.29, 0.717) is 42.7 Å². The summed E-state index contributed by atoms with van der Waals surface area (Å²) in [5, 5.41) is 5.86. The zero-order valence-electron chi connectivity index (χ0n) is 16.6. The predicted molar refractivity (Wildman–Crippen MR) is 121 cm³/mol. The lowest BCUT2D eigenvalue weighted by Gasteiger charge is -2.38. The van der Waals surface area contributed by atoms with E-state index in [1.807, 2.05) is 53.9 Å². The third-order valence-electron chi connectivity index (χ3n) is 5.53. The molecule has 1 fully saturated rings. The molecular weight excluding hydrogens is 418 g/mol. The Hall–Kier alpha value is -2.34. The summed E-state index contributed by atoms with van der Waals surface area (Å²) in [6, 6.07) is 19.3. The summed E-state index contributed by atoms with van der Waals surface area (Å²) < 4.78 is 11.4. The predicted octanol–water partition coefficient (Wildman–Crippen LogP) is 5.46. The lowest BCUT2D eigenvalue weighted by atomic mass is 9.74. The Morgan fingerprint density at radius 1 is 1.10 bits per heavy atom. The molecule has 1 N–H and O–H groups in total. The van der Waals surface area contributed by atoms with Crippen LogP contribution in [0.15, 0.2) is 66.0 Å². The Morgan fingerprint density at radius 3 is 2.70 bits per heavy atom. The summed E-state index contributed by atoms with van der Waals surface area (Å²) >= 11 is 7.89. The van der Waals surface area contributed by atoms with Crippen molar-refractivity contribution in [1.29, 1.82) is 0 Å². The van der Waals surface area contributed by atoms with Crippen molar-refractivity contribution < 1.29 is 14.3 Å². The molecule has 2 aromatic carbocycles. The molecule has 0 saturated carbocycles. The Bertz CT molecular complexity index is 984. The number of thiophene rings is 1. The van der Waals surface area contributed by atoms with Crippen LogP contribution in [0.5, 0.6) is 5.75 Å². The minimum atomic E-state index is -0.175. The summed E-state index contributed by atoms with van der Waals surface area (Å²) in [5.41, 5.74) is 1.56. The SMILES string of the molecule is O=C(NCC1(c2cccc(Cl)c2)CCOCC1)c1cccc(OCc2cccs2)c1. The summed E-state index contributed by atoms with van der Waals surface area (Å²) in [5.74, 6) is 0.580. The molecule has 0 spiro atoms. The van der Waals surface area contributed by atoms with Crippen LogP contribution in [0.2, 0.25) is 5.02 Å². The Labute approximate surface area is 185 Å². The van der Waals surface area contributed by atoms with Gasteiger partial charge in [0.05, 0.1) is 0 Å². The van der Waals surface area contributed by atoms with Crippen molar-refractivity contribution in [3.05, 3.63) is 87.1 Å². The fourth-order valence-electron chi connectivity index (χ4n) is 3.78. The van der Waals surface area contributed by atoms with Gasteiger partial charge in [0.2, 0.25) is 0 Å². The normalized spacial score (nSPS) is 15.5. The molecule has 1 aromatic heterocycles. The van der Waals surface area contributed by atoms with Crippen molar-refractivity contribution >= 4 is 28.8 Å². The molecule has 0 unspecified atom stereocenters. The number of hydrogen-bond acceptors (Lipinski definition) is 4. The zero-order chi connectivity index (χ0) is 20.8. The topological polar surface area (TPSA) is 47.6 Å². The van der Waals surface area contributed by atoms with E-state index >= 15 is 0 Å². The molecule has 1 aliphatic rings. The molecule has 4 nitrogen and oxygen atoms in total. The van der Waals surface area contributed by atoms with Gasteiger partial charge >= 0.3 is 0 Å². The zero-order valence-corrected chi connectivity index (χ0v) is 18.2. The first-order valence-corrected chi connectivity index (χ1v) is 11.3. The number of rotatable bonds is 7. The number of nitrogens with one attached hydrogen (secondary N) is 1. The van der Waals surface area contributed by atoms with Gasteiger partial charge in [0.15, 0.2) is 0 Å². The smallest absolute Gasteiger partial charge is 0.251 e. The third kappa shape index (κ3) is 5.04. The maximum Gasteiger partial charge on any atom is 0.251 e. The van der Waals surface area contributed by atoms with Gasteiger partial charge in [0, 0.05) is 40.6 Å². The van der Waals surface area contributed by atoms with Gasteiger partial charge in [-0.2, -0.15) is 0 Å². The Balaban J connectivity index is 1.44. The minimum absolute atomic E-state index is 0.107. The highest BCUT2D eigenvalue weighted by molar-refractivity contribution is 7.09. The largest absolute Gasteiger partial charge is 0.488 e. The quantitative estimate of drug-likeness (QED) is 0.529. The molecule has 3 aromatic rings. The average Bonchev–Trinajstić information content (AvgIpc) is 3.31. The van der Waals surface area contributed by atoms with Crippen LogP contribution in [0, 0.1) is 0 Å². The second-order valence-electron chi connectivity index (χ2n) is 7.48. The van der Waals surface area contributed by atoms with Crippen molar-refractivity contribution in [1.82, 2.24) is 5.32 Å². The lowest BCUT2D eigenvalue weighted by molar-refractivity contribution is 0.0487. The number of halogens is 1. The molecule has 4 rings (SSSR count). The molecule has 0 radical (unpaired) electrons. The number of ether oxygens (including phenoxy) is 2. The van der Waals surface area contributed by atoms with Crippen molar-refractivity contribution in [3.8, 4) is 5.75 Å². The first kappa shape index (κ1) is 20.9. The summed E-state index contributed by atoms with van der Waals surface area (Å²) in [7, 11) is 0. The van der Waals surface area contributed by atoms with Gasteiger partial charge in [0.25, 0.3) is 5.91 Å². The van der Waals surface area contributed by atoms with Gasteiger partial charge in [0.1, 0.15) is 12.4 Å². The van der Waals surface area contributed by atoms with E-state index in [1.54, 1.807) is 17.4 Å². The van der Waals surface area contributed by atoms with Gasteiger partial charge < -0.3 is 14.8 Å². The maximum atomic E-state index is 12.9. The van der Waals surface area contributed by atoms with Crippen LogP contribution in [0.3, 0.4) is 0 Å². The number of carbonyl (C=O) groups excluding carboxylic acids is 1. The molecule has 6 heteroatoms. The van der Waals surface area contributed by atoms with E-state index in [9.17, 15) is 4.79 Å². The van der Waals surface area contributed by atoms with Crippen molar-refractivity contribution in [2.45, 2.75) is 24.9 Å². The molecule has 1 aliphatic heterocycles. The number of benzene rings is 2. The fraction of sp³-hybridized carbons (Fsp3) is 0.292. The van der Waals surface area contributed by atoms with Crippen molar-refractivity contribution in [2.24, 2.45) is 0 Å². The van der Waals surface area contributed by atoms with Crippen LogP contribution in [0.25, 0.3) is 0 Å². The van der Waals surface area contributed by atoms with Gasteiger partial charge in [-0.25, -0.2) is 0 Å². The molecular formula is C24H24ClNO3S. The highest BCUT2D eigenvalue weighted by atomic mass is 35.5. The third-order valence-corrected chi connectivity index (χ3v) is 6.62. The fourth-order valence-corrected chi connectivity index (χ4v) is 4.58. The molecule has 30 heavy (non-hydrogen) atoms. The maximum absolute atomic E-state index is 12.9. The van der Waals surface area contributed by atoms with Crippen LogP contribution in [0.1, 0.15) is 33.6 Å². The van der Waals surface area contributed by atoms with Gasteiger partial charge in [-0.15, -0.1) is 11.3 Å². The standard InChI is InChI=1S/C24H24ClNO3S/c25-20-6-2-5-19(15-20)24(9-11-28-12-10-24)17-26-23(27)18-4-1-7-21(14-18)29-16-22-8-3-13-30-22/h1-8,13-15H,9-12,16-17H2,(H,26,27). The van der Waals surface area contributed by atoms with Gasteiger partial charge in [-0.05, 0) is 60.2 Å². The Morgan fingerprint density at radius 2 is 1.93 bits per heavy atom. The molecule has 1 saturated heterocycles. The molecule has 156 valence electrons. The summed E-state index contributed by atoms with van der Waals surface area (Å²) in [6.07, 6.45) is 1.69. The molecule has 2 heterocycles. The van der Waals surface area contributed by atoms with E-state index in [1.165, 1.54) is 0 Å². The monoisotopic (exact) mass is 441 g/mol. The summed E-state index contributed by atoms with van der Waals surface area (Å²) in [6.45, 7) is 2.39. The van der Waals surface area contributed by atoms with Gasteiger partial charge in [-0.1, -0.05) is 35.9 Å². The van der Waals surface area contributed by atoms with Crippen LogP contribution < -0.4 is 10.1 Å². The van der Waals surface area contributed by atoms with Crippen molar-refractivity contribution in [2.75, 3.05) is 19.8 Å². The number of hydrogen-bond donors (Lipinski definition) is 1. The minimum Gasteiger partial charge on any atom is -0.488 e. The highest BCUT2D eigenvalue weighted by Crippen LogP contribution is 2.35. The van der Waals surface area contributed by atoms with Crippen LogP contribution >= 0.6 is 22.9 Å². The van der Waals surface area contributed by atoms with Crippen LogP contribution in [0.4, 0.5) is 0 Å². The number of carbonyl (C=O) groups is 1. The average molecular weight is 442 g/mol. The molecule has 0 atom stereocenters. The van der Waals surface area contributed by atoms with E-state index < -0.39 is 0 Å². The second kappa shape index (κ2) is 9.65. The van der Waals surface area contributed by atoms with Crippen LogP contribution in [-0.2, 0) is 16.8 Å². The van der Waals surface area contributed by atoms with E-state index in [0.717, 1.165) is 23.3 Å². The first-order valence-electron chi connectivity index (χ1n) is 10.0. The van der Waals surface area contributed by atoms with Gasteiger partial charge in [-0.3, -0.25) is 4.79 Å². The first-order chi connectivity index (χ1) is 14.6. The van der Waals surface area contributed by atoms with Crippen molar-refractivity contribution in [3.63, 3.8) is 0 Å². The summed E-state index contributed by atoms with van der Waals surface area (Å²) in [4.78, 5) is 14.0. The highest BCUT2D eigenvalue weighted by Gasteiger charge is 2.35. The molecule has 0 aliphatic carbocycles. The van der Waals surface area contributed by atoms with E-state index in [4.69, 9.17) is 21.1 Å². The molecule has 0 bridgehead atoms. The Kier molecular flexibility index (Phi) is 6.72. The lowest BCUT2D eigenvalue weighted by Crippen LogP contribution is -2.44. The van der Waals surface area contributed by atoms with E-state index in [2.05, 4.69) is 11.4 Å². The van der Waals surface area contributed by atoms with Crippen LogP contribution in [-0.4, -0.2) is 25.7 Å². The molecule has 1 amide bonds. The number of amides is 1. The second-order valence-corrected chi connectivity index (χ2v) is 8.95. The van der Waals surface area contributed by atoms with E-state index in [-0.39, 0.29) is 11.3 Å².